The molecule has 26 heavy (non-hydrogen) atoms. The average Bonchev–Trinajstić information content (AvgIpc) is 2.66. The second-order valence-electron chi connectivity index (χ2n) is 6.65. The number of carbonyl (C=O) groups excluding carboxylic acids is 1. The van der Waals surface area contributed by atoms with E-state index in [0.717, 1.165) is 12.8 Å². The molecular formula is C21H24ClNO3. The van der Waals surface area contributed by atoms with Crippen molar-refractivity contribution in [1.82, 2.24) is 4.90 Å². The van der Waals surface area contributed by atoms with Crippen LogP contribution in [0.5, 0.6) is 5.75 Å². The fourth-order valence-corrected chi connectivity index (χ4v) is 3.33. The quantitative estimate of drug-likeness (QED) is 0.839. The van der Waals surface area contributed by atoms with E-state index >= 15 is 0 Å². The minimum atomic E-state index is -0.683. The lowest BCUT2D eigenvalue weighted by molar-refractivity contribution is -0.137. The van der Waals surface area contributed by atoms with Gasteiger partial charge in [0.05, 0.1) is 6.54 Å². The Labute approximate surface area is 159 Å². The number of likely N-dealkylation sites (tertiary alicyclic amines) is 1. The molecule has 3 rings (SSSR count). The summed E-state index contributed by atoms with van der Waals surface area (Å²) in [4.78, 5) is 14.1. The summed E-state index contributed by atoms with van der Waals surface area (Å²) in [5.41, 5.74) is 1.25. The molecule has 1 fully saturated rings. The first-order valence-electron chi connectivity index (χ1n) is 9.04. The molecule has 0 bridgehead atoms. The zero-order chi connectivity index (χ0) is 18.4. The summed E-state index contributed by atoms with van der Waals surface area (Å²) in [6.45, 7) is 0.932. The molecule has 0 unspecified atom stereocenters. The maximum absolute atomic E-state index is 12.4. The normalized spacial score (nSPS) is 20.0. The van der Waals surface area contributed by atoms with Crippen molar-refractivity contribution in [3.63, 3.8) is 0 Å². The molecular weight excluding hydrogens is 350 g/mol. The highest BCUT2D eigenvalue weighted by molar-refractivity contribution is 6.30. The number of carbonyl (C=O) groups is 1. The number of amides is 1. The van der Waals surface area contributed by atoms with Gasteiger partial charge >= 0.3 is 0 Å². The Morgan fingerprint density at radius 2 is 1.88 bits per heavy atom. The molecule has 2 aromatic carbocycles. The topological polar surface area (TPSA) is 49.8 Å². The largest absolute Gasteiger partial charge is 0.488 e. The van der Waals surface area contributed by atoms with Crippen LogP contribution in [0.3, 0.4) is 0 Å². The van der Waals surface area contributed by atoms with Gasteiger partial charge in [-0.25, -0.2) is 0 Å². The summed E-state index contributed by atoms with van der Waals surface area (Å²) in [5, 5.41) is 11.0. The lowest BCUT2D eigenvalue weighted by Crippen LogP contribution is -2.51. The lowest BCUT2D eigenvalue weighted by atomic mass is 10.0. The predicted molar refractivity (Wildman–Crippen MR) is 102 cm³/mol. The van der Waals surface area contributed by atoms with Gasteiger partial charge in [-0.1, -0.05) is 41.9 Å². The fourth-order valence-electron chi connectivity index (χ4n) is 3.21. The first-order valence-corrected chi connectivity index (χ1v) is 9.41. The zero-order valence-electron chi connectivity index (χ0n) is 14.7. The minimum absolute atomic E-state index is 0.102. The third kappa shape index (κ3) is 5.23. The van der Waals surface area contributed by atoms with Gasteiger partial charge in [0.25, 0.3) is 0 Å². The maximum atomic E-state index is 12.4. The smallest absolute Gasteiger partial charge is 0.222 e. The maximum Gasteiger partial charge on any atom is 0.222 e. The number of halogens is 1. The first kappa shape index (κ1) is 18.7. The molecule has 1 aliphatic rings. The van der Waals surface area contributed by atoms with Crippen LogP contribution in [0.4, 0.5) is 0 Å². The van der Waals surface area contributed by atoms with E-state index in [-0.39, 0.29) is 12.0 Å². The third-order valence-electron chi connectivity index (χ3n) is 4.67. The van der Waals surface area contributed by atoms with E-state index in [9.17, 15) is 9.90 Å². The van der Waals surface area contributed by atoms with Crippen LogP contribution in [0.25, 0.3) is 0 Å². The van der Waals surface area contributed by atoms with Crippen molar-refractivity contribution in [3.05, 3.63) is 65.2 Å². The highest BCUT2D eigenvalue weighted by Crippen LogP contribution is 2.22. The van der Waals surface area contributed by atoms with Crippen LogP contribution < -0.4 is 4.74 Å². The number of hydrogen-bond donors (Lipinski definition) is 1. The molecule has 4 nitrogen and oxygen atoms in total. The number of ether oxygens (including phenoxy) is 1. The van der Waals surface area contributed by atoms with E-state index in [1.807, 2.05) is 18.2 Å². The molecule has 0 saturated carbocycles. The number of benzene rings is 2. The van der Waals surface area contributed by atoms with E-state index in [1.165, 1.54) is 5.56 Å². The highest BCUT2D eigenvalue weighted by atomic mass is 35.5. The molecule has 0 aromatic heterocycles. The summed E-state index contributed by atoms with van der Waals surface area (Å²) in [7, 11) is 0. The Bertz CT molecular complexity index is 705. The van der Waals surface area contributed by atoms with Crippen LogP contribution in [0.2, 0.25) is 5.02 Å². The molecule has 138 valence electrons. The van der Waals surface area contributed by atoms with Crippen LogP contribution in [-0.2, 0) is 11.2 Å². The molecule has 1 N–H and O–H groups in total. The van der Waals surface area contributed by atoms with Crippen molar-refractivity contribution in [3.8, 4) is 5.75 Å². The van der Waals surface area contributed by atoms with Crippen molar-refractivity contribution < 1.29 is 14.6 Å². The molecule has 0 spiro atoms. The number of piperidine rings is 1. The number of rotatable bonds is 6. The van der Waals surface area contributed by atoms with Crippen molar-refractivity contribution >= 4 is 17.5 Å². The van der Waals surface area contributed by atoms with E-state index < -0.39 is 6.10 Å². The van der Waals surface area contributed by atoms with Crippen LogP contribution >= 0.6 is 11.6 Å². The second kappa shape index (κ2) is 9.06. The van der Waals surface area contributed by atoms with Crippen LogP contribution in [0.15, 0.2) is 54.6 Å². The Morgan fingerprint density at radius 3 is 2.58 bits per heavy atom. The third-order valence-corrected chi connectivity index (χ3v) is 4.92. The number of hydrogen-bond acceptors (Lipinski definition) is 3. The van der Waals surface area contributed by atoms with E-state index in [4.69, 9.17) is 16.3 Å². The van der Waals surface area contributed by atoms with Gasteiger partial charge in [0.15, 0.2) is 0 Å². The molecule has 0 aliphatic carbocycles. The van der Waals surface area contributed by atoms with Gasteiger partial charge in [-0.05, 0) is 42.7 Å². The summed E-state index contributed by atoms with van der Waals surface area (Å²) in [6.07, 6.45) is 1.85. The predicted octanol–water partition coefficient (Wildman–Crippen LogP) is 3.70. The SMILES string of the molecule is O=C(CCCc1ccccc1)N1CC[C@@H](Oc2ccc(Cl)cc2)[C@H](O)C1. The molecule has 1 heterocycles. The summed E-state index contributed by atoms with van der Waals surface area (Å²) in [6, 6.07) is 17.3. The number of nitrogens with zero attached hydrogens (tertiary/aromatic N) is 1. The molecule has 2 atom stereocenters. The Hall–Kier alpha value is -2.04. The van der Waals surface area contributed by atoms with E-state index in [0.29, 0.717) is 36.7 Å². The molecule has 2 aromatic rings. The number of aliphatic hydroxyl groups is 1. The van der Waals surface area contributed by atoms with Gasteiger partial charge in [0, 0.05) is 24.4 Å². The van der Waals surface area contributed by atoms with Crippen molar-refractivity contribution in [2.24, 2.45) is 0 Å². The number of β-amino-alcohol motifs (C(OH)–C–C–N with tert-alkyl or cyclic N) is 1. The van der Waals surface area contributed by atoms with Crippen LogP contribution in [-0.4, -0.2) is 41.2 Å². The van der Waals surface area contributed by atoms with Crippen molar-refractivity contribution in [2.45, 2.75) is 37.9 Å². The number of aliphatic hydroxyl groups excluding tert-OH is 1. The Kier molecular flexibility index (Phi) is 6.53. The summed E-state index contributed by atoms with van der Waals surface area (Å²) in [5.74, 6) is 0.783. The van der Waals surface area contributed by atoms with Gasteiger partial charge in [-0.15, -0.1) is 0 Å². The standard InChI is InChI=1S/C21H24ClNO3/c22-17-9-11-18(12-10-17)26-20-13-14-23(15-19(20)24)21(25)8-4-7-16-5-2-1-3-6-16/h1-3,5-6,9-12,19-20,24H,4,7-8,13-15H2/t19-,20-/m1/s1. The fraction of sp³-hybridized carbons (Fsp3) is 0.381. The molecule has 5 heteroatoms. The van der Waals surface area contributed by atoms with Crippen molar-refractivity contribution in [2.75, 3.05) is 13.1 Å². The number of aryl methyl sites for hydroxylation is 1. The van der Waals surface area contributed by atoms with Gasteiger partial charge in [-0.3, -0.25) is 4.79 Å². The Morgan fingerprint density at radius 1 is 1.15 bits per heavy atom. The minimum Gasteiger partial charge on any atom is -0.488 e. The highest BCUT2D eigenvalue weighted by Gasteiger charge is 2.31. The second-order valence-corrected chi connectivity index (χ2v) is 7.08. The summed E-state index contributed by atoms with van der Waals surface area (Å²) >= 11 is 5.87. The van der Waals surface area contributed by atoms with Crippen LogP contribution in [0, 0.1) is 0 Å². The molecule has 1 amide bonds. The first-order chi connectivity index (χ1) is 12.6. The zero-order valence-corrected chi connectivity index (χ0v) is 15.4. The van der Waals surface area contributed by atoms with Crippen LogP contribution in [0.1, 0.15) is 24.8 Å². The van der Waals surface area contributed by atoms with E-state index in [2.05, 4.69) is 12.1 Å². The van der Waals surface area contributed by atoms with Gasteiger partial charge < -0.3 is 14.7 Å². The average molecular weight is 374 g/mol. The molecule has 0 radical (unpaired) electrons. The lowest BCUT2D eigenvalue weighted by Gasteiger charge is -2.36. The monoisotopic (exact) mass is 373 g/mol. The van der Waals surface area contributed by atoms with Gasteiger partial charge in [-0.2, -0.15) is 0 Å². The molecule has 1 aliphatic heterocycles. The summed E-state index contributed by atoms with van der Waals surface area (Å²) < 4.78 is 5.84. The molecule has 1 saturated heterocycles. The van der Waals surface area contributed by atoms with Gasteiger partial charge in [0.2, 0.25) is 5.91 Å². The van der Waals surface area contributed by atoms with Crippen molar-refractivity contribution in [1.29, 1.82) is 0 Å². The Balaban J connectivity index is 1.43. The van der Waals surface area contributed by atoms with E-state index in [1.54, 1.807) is 29.2 Å². The van der Waals surface area contributed by atoms with Gasteiger partial charge in [0.1, 0.15) is 18.0 Å².